The van der Waals surface area contributed by atoms with Crippen LogP contribution in [0, 0.1) is 6.92 Å². The summed E-state index contributed by atoms with van der Waals surface area (Å²) in [7, 11) is 0. The van der Waals surface area contributed by atoms with Crippen LogP contribution in [0.25, 0.3) is 11.0 Å². The van der Waals surface area contributed by atoms with E-state index in [2.05, 4.69) is 28.8 Å². The van der Waals surface area contributed by atoms with E-state index in [9.17, 15) is 0 Å². The average molecular weight is 263 g/mol. The van der Waals surface area contributed by atoms with Gasteiger partial charge < -0.3 is 10.3 Å². The summed E-state index contributed by atoms with van der Waals surface area (Å²) in [6.45, 7) is 3.09. The van der Waals surface area contributed by atoms with E-state index >= 15 is 0 Å². The first-order chi connectivity index (χ1) is 8.74. The highest BCUT2D eigenvalue weighted by Crippen LogP contribution is 2.22. The van der Waals surface area contributed by atoms with Gasteiger partial charge in [-0.25, -0.2) is 4.98 Å². The number of anilines is 1. The van der Waals surface area contributed by atoms with Crippen LogP contribution in [0.3, 0.4) is 0 Å². The van der Waals surface area contributed by atoms with E-state index in [-0.39, 0.29) is 0 Å². The number of rotatable bonds is 6. The molecular weight excluding hydrogens is 242 g/mol. The number of hydrogen-bond donors (Lipinski definition) is 1. The van der Waals surface area contributed by atoms with Crippen LogP contribution >= 0.6 is 11.8 Å². The fourth-order valence-corrected chi connectivity index (χ4v) is 2.80. The Morgan fingerprint density at radius 2 is 2.11 bits per heavy atom. The first kappa shape index (κ1) is 13.3. The number of aryl methyl sites for hydroxylation is 2. The first-order valence-electron chi connectivity index (χ1n) is 6.44. The molecule has 0 amide bonds. The van der Waals surface area contributed by atoms with Gasteiger partial charge in [0, 0.05) is 6.54 Å². The van der Waals surface area contributed by atoms with Gasteiger partial charge in [-0.2, -0.15) is 11.8 Å². The summed E-state index contributed by atoms with van der Waals surface area (Å²) in [5.41, 5.74) is 9.47. The molecule has 0 unspecified atom stereocenters. The molecule has 0 atom stereocenters. The summed E-state index contributed by atoms with van der Waals surface area (Å²) < 4.78 is 2.16. The molecule has 0 aliphatic carbocycles. The predicted octanol–water partition coefficient (Wildman–Crippen LogP) is 3.46. The molecule has 0 bridgehead atoms. The van der Waals surface area contributed by atoms with Crippen LogP contribution in [-0.4, -0.2) is 21.6 Å². The van der Waals surface area contributed by atoms with Gasteiger partial charge in [0.1, 0.15) is 0 Å². The summed E-state index contributed by atoms with van der Waals surface area (Å²) in [4.78, 5) is 4.43. The molecule has 18 heavy (non-hydrogen) atoms. The van der Waals surface area contributed by atoms with Gasteiger partial charge in [0.25, 0.3) is 0 Å². The van der Waals surface area contributed by atoms with Crippen LogP contribution in [0.2, 0.25) is 0 Å². The zero-order valence-electron chi connectivity index (χ0n) is 11.1. The van der Waals surface area contributed by atoms with E-state index < -0.39 is 0 Å². The molecule has 1 heterocycles. The lowest BCUT2D eigenvalue weighted by Gasteiger charge is -2.07. The number of nitrogens with two attached hydrogens (primary N) is 1. The van der Waals surface area contributed by atoms with E-state index in [1.165, 1.54) is 36.1 Å². The Kier molecular flexibility index (Phi) is 4.53. The van der Waals surface area contributed by atoms with Gasteiger partial charge in [-0.05, 0) is 43.4 Å². The highest BCUT2D eigenvalue weighted by atomic mass is 32.2. The zero-order valence-corrected chi connectivity index (χ0v) is 12.0. The second-order valence-electron chi connectivity index (χ2n) is 4.62. The number of benzene rings is 1. The number of para-hydroxylation sites is 1. The van der Waals surface area contributed by atoms with Crippen molar-refractivity contribution in [3.8, 4) is 0 Å². The Morgan fingerprint density at radius 3 is 2.89 bits per heavy atom. The van der Waals surface area contributed by atoms with Crippen molar-refractivity contribution in [1.82, 2.24) is 9.55 Å². The molecule has 98 valence electrons. The summed E-state index contributed by atoms with van der Waals surface area (Å²) in [6.07, 6.45) is 5.87. The third-order valence-corrected chi connectivity index (χ3v) is 3.93. The Balaban J connectivity index is 2.10. The number of unbranched alkanes of at least 4 members (excludes halogenated alkanes) is 2. The Morgan fingerprint density at radius 1 is 1.28 bits per heavy atom. The lowest BCUT2D eigenvalue weighted by Crippen LogP contribution is -2.04. The standard InChI is InChI=1S/C14H21N3S/c1-11-7-6-8-12-13(11)17(14(15)16-12)9-4-3-5-10-18-2/h6-8H,3-5,9-10H2,1-2H3,(H2,15,16). The molecule has 2 N–H and O–H groups in total. The first-order valence-corrected chi connectivity index (χ1v) is 7.83. The van der Waals surface area contributed by atoms with E-state index in [0.717, 1.165) is 12.1 Å². The van der Waals surface area contributed by atoms with Crippen molar-refractivity contribution < 1.29 is 0 Å². The van der Waals surface area contributed by atoms with Crippen LogP contribution in [0.1, 0.15) is 24.8 Å². The number of fused-ring (bicyclic) bond motifs is 1. The Labute approximate surface area is 113 Å². The number of hydrogen-bond acceptors (Lipinski definition) is 3. The second-order valence-corrected chi connectivity index (χ2v) is 5.60. The normalized spacial score (nSPS) is 11.2. The minimum atomic E-state index is 0.643. The maximum absolute atomic E-state index is 6.01. The van der Waals surface area contributed by atoms with Gasteiger partial charge in [-0.1, -0.05) is 18.6 Å². The molecule has 2 rings (SSSR count). The summed E-state index contributed by atoms with van der Waals surface area (Å²) >= 11 is 1.91. The molecule has 0 spiro atoms. The molecule has 1 aromatic heterocycles. The molecule has 0 fully saturated rings. The highest BCUT2D eigenvalue weighted by Gasteiger charge is 2.09. The minimum Gasteiger partial charge on any atom is -0.369 e. The molecule has 4 heteroatoms. The van der Waals surface area contributed by atoms with Gasteiger partial charge in [0.15, 0.2) is 0 Å². The molecule has 2 aromatic rings. The quantitative estimate of drug-likeness (QED) is 0.812. The third-order valence-electron chi connectivity index (χ3n) is 3.23. The van der Waals surface area contributed by atoms with Crippen molar-refractivity contribution in [3.63, 3.8) is 0 Å². The molecular formula is C14H21N3S. The van der Waals surface area contributed by atoms with Crippen LogP contribution in [-0.2, 0) is 6.54 Å². The maximum Gasteiger partial charge on any atom is 0.201 e. The lowest BCUT2D eigenvalue weighted by molar-refractivity contribution is 0.620. The molecule has 0 aliphatic rings. The fraction of sp³-hybridized carbons (Fsp3) is 0.500. The van der Waals surface area contributed by atoms with Gasteiger partial charge >= 0.3 is 0 Å². The van der Waals surface area contributed by atoms with E-state index in [1.54, 1.807) is 0 Å². The zero-order chi connectivity index (χ0) is 13.0. The average Bonchev–Trinajstić information content (AvgIpc) is 2.67. The van der Waals surface area contributed by atoms with Crippen molar-refractivity contribution in [1.29, 1.82) is 0 Å². The lowest BCUT2D eigenvalue weighted by atomic mass is 10.2. The SMILES string of the molecule is CSCCCCCn1c(N)nc2cccc(C)c21. The predicted molar refractivity (Wildman–Crippen MR) is 81.1 cm³/mol. The van der Waals surface area contributed by atoms with Crippen LogP contribution in [0.5, 0.6) is 0 Å². The van der Waals surface area contributed by atoms with Gasteiger partial charge in [-0.3, -0.25) is 0 Å². The van der Waals surface area contributed by atoms with Crippen molar-refractivity contribution in [3.05, 3.63) is 23.8 Å². The van der Waals surface area contributed by atoms with E-state index in [4.69, 9.17) is 5.73 Å². The van der Waals surface area contributed by atoms with Gasteiger partial charge in [0.05, 0.1) is 11.0 Å². The van der Waals surface area contributed by atoms with Crippen LogP contribution < -0.4 is 5.73 Å². The molecule has 0 radical (unpaired) electrons. The summed E-state index contributed by atoms with van der Waals surface area (Å²) in [5.74, 6) is 1.89. The summed E-state index contributed by atoms with van der Waals surface area (Å²) in [6, 6.07) is 6.18. The number of nitrogen functional groups attached to an aromatic ring is 1. The fourth-order valence-electron chi connectivity index (χ4n) is 2.30. The van der Waals surface area contributed by atoms with Crippen molar-refractivity contribution in [2.24, 2.45) is 0 Å². The molecule has 3 nitrogen and oxygen atoms in total. The van der Waals surface area contributed by atoms with Gasteiger partial charge in [0.2, 0.25) is 5.95 Å². The Bertz CT molecular complexity index is 519. The highest BCUT2D eigenvalue weighted by molar-refractivity contribution is 7.98. The van der Waals surface area contributed by atoms with Crippen molar-refractivity contribution in [2.75, 3.05) is 17.7 Å². The molecule has 0 saturated carbocycles. The van der Waals surface area contributed by atoms with Crippen LogP contribution in [0.4, 0.5) is 5.95 Å². The number of aromatic nitrogens is 2. The number of imidazole rings is 1. The van der Waals surface area contributed by atoms with Crippen molar-refractivity contribution >= 4 is 28.7 Å². The second kappa shape index (κ2) is 6.14. The van der Waals surface area contributed by atoms with E-state index in [0.29, 0.717) is 5.95 Å². The topological polar surface area (TPSA) is 43.8 Å². The van der Waals surface area contributed by atoms with Crippen LogP contribution in [0.15, 0.2) is 18.2 Å². The number of nitrogens with zero attached hydrogens (tertiary/aromatic N) is 2. The van der Waals surface area contributed by atoms with Crippen molar-refractivity contribution in [2.45, 2.75) is 32.7 Å². The third kappa shape index (κ3) is 2.80. The molecule has 1 aromatic carbocycles. The maximum atomic E-state index is 6.01. The van der Waals surface area contributed by atoms with Gasteiger partial charge in [-0.15, -0.1) is 0 Å². The number of thioether (sulfide) groups is 1. The molecule has 0 aliphatic heterocycles. The monoisotopic (exact) mass is 263 g/mol. The smallest absolute Gasteiger partial charge is 0.201 e. The Hall–Kier alpha value is -1.16. The van der Waals surface area contributed by atoms with E-state index in [1.807, 2.05) is 23.9 Å². The minimum absolute atomic E-state index is 0.643. The largest absolute Gasteiger partial charge is 0.369 e. The molecule has 0 saturated heterocycles. The summed E-state index contributed by atoms with van der Waals surface area (Å²) in [5, 5.41) is 0.